The number of rotatable bonds is 3. The van der Waals surface area contributed by atoms with Gasteiger partial charge < -0.3 is 13.7 Å². The Labute approximate surface area is 182 Å². The first-order valence-electron chi connectivity index (χ1n) is 9.55. The number of ether oxygens (including phenoxy) is 1. The van der Waals surface area contributed by atoms with Crippen LogP contribution in [0.1, 0.15) is 28.3 Å². The van der Waals surface area contributed by atoms with E-state index in [-0.39, 0.29) is 12.1 Å². The Kier molecular flexibility index (Phi) is 4.76. The SMILES string of the molecule is Cc1ncc2n1CC(OC(=O)c1ccc3nc(-c4cc(Cl)cc(Cl)c4)oc3c1)CC2. The molecule has 0 aliphatic carbocycles. The zero-order chi connectivity index (χ0) is 20.8. The number of imidazole rings is 1. The van der Waals surface area contributed by atoms with Crippen molar-refractivity contribution < 1.29 is 13.9 Å². The molecule has 0 amide bonds. The topological polar surface area (TPSA) is 70.2 Å². The molecule has 3 heterocycles. The second-order valence-electron chi connectivity index (χ2n) is 7.33. The van der Waals surface area contributed by atoms with Crippen molar-refractivity contribution in [2.75, 3.05) is 0 Å². The van der Waals surface area contributed by atoms with Crippen LogP contribution in [-0.4, -0.2) is 26.6 Å². The fraction of sp³-hybridized carbons (Fsp3) is 0.227. The Morgan fingerprint density at radius 1 is 1.20 bits per heavy atom. The van der Waals surface area contributed by atoms with Crippen LogP contribution in [0, 0.1) is 6.92 Å². The van der Waals surface area contributed by atoms with E-state index < -0.39 is 0 Å². The van der Waals surface area contributed by atoms with E-state index in [1.165, 1.54) is 5.69 Å². The number of fused-ring (bicyclic) bond motifs is 2. The smallest absolute Gasteiger partial charge is 0.338 e. The predicted molar refractivity (Wildman–Crippen MR) is 114 cm³/mol. The molecule has 8 heteroatoms. The highest BCUT2D eigenvalue weighted by atomic mass is 35.5. The molecule has 1 aliphatic heterocycles. The van der Waals surface area contributed by atoms with E-state index in [1.54, 1.807) is 36.4 Å². The molecule has 4 aromatic rings. The third-order valence-corrected chi connectivity index (χ3v) is 5.69. The molecule has 2 aromatic heterocycles. The highest BCUT2D eigenvalue weighted by molar-refractivity contribution is 6.35. The third kappa shape index (κ3) is 3.57. The average Bonchev–Trinajstić information content (AvgIpc) is 3.30. The van der Waals surface area contributed by atoms with Gasteiger partial charge in [-0.25, -0.2) is 14.8 Å². The zero-order valence-corrected chi connectivity index (χ0v) is 17.6. The number of carbonyl (C=O) groups excluding carboxylic acids is 1. The van der Waals surface area contributed by atoms with Gasteiger partial charge in [-0.2, -0.15) is 0 Å². The van der Waals surface area contributed by atoms with E-state index in [1.807, 2.05) is 13.1 Å². The molecule has 6 nitrogen and oxygen atoms in total. The van der Waals surface area contributed by atoms with Crippen LogP contribution in [0.25, 0.3) is 22.6 Å². The first-order valence-corrected chi connectivity index (χ1v) is 10.3. The van der Waals surface area contributed by atoms with Gasteiger partial charge in [0.2, 0.25) is 5.89 Å². The lowest BCUT2D eigenvalue weighted by molar-refractivity contribution is 0.0209. The van der Waals surface area contributed by atoms with Crippen LogP contribution in [0.15, 0.2) is 47.0 Å². The van der Waals surface area contributed by atoms with Crippen LogP contribution in [0.2, 0.25) is 10.0 Å². The second kappa shape index (κ2) is 7.45. The van der Waals surface area contributed by atoms with E-state index in [4.69, 9.17) is 32.4 Å². The summed E-state index contributed by atoms with van der Waals surface area (Å²) in [6.07, 6.45) is 3.31. The van der Waals surface area contributed by atoms with Gasteiger partial charge in [-0.15, -0.1) is 0 Å². The number of nitrogens with zero attached hydrogens (tertiary/aromatic N) is 3. The maximum absolute atomic E-state index is 12.7. The monoisotopic (exact) mass is 441 g/mol. The average molecular weight is 442 g/mol. The van der Waals surface area contributed by atoms with Gasteiger partial charge in [0, 0.05) is 27.5 Å². The van der Waals surface area contributed by atoms with Crippen molar-refractivity contribution >= 4 is 40.3 Å². The molecule has 0 radical (unpaired) electrons. The lowest BCUT2D eigenvalue weighted by atomic mass is 10.1. The van der Waals surface area contributed by atoms with E-state index in [2.05, 4.69) is 14.5 Å². The predicted octanol–water partition coefficient (Wildman–Crippen LogP) is 5.48. The number of carbonyl (C=O) groups is 1. The highest BCUT2D eigenvalue weighted by Gasteiger charge is 2.24. The van der Waals surface area contributed by atoms with E-state index in [0.717, 1.165) is 18.7 Å². The van der Waals surface area contributed by atoms with Crippen LogP contribution in [0.5, 0.6) is 0 Å². The van der Waals surface area contributed by atoms with Crippen molar-refractivity contribution in [2.45, 2.75) is 32.4 Å². The lowest BCUT2D eigenvalue weighted by Gasteiger charge is -2.25. The Hall–Kier alpha value is -2.83. The summed E-state index contributed by atoms with van der Waals surface area (Å²) in [5, 5.41) is 0.987. The molecule has 0 saturated heterocycles. The number of hydrogen-bond donors (Lipinski definition) is 0. The summed E-state index contributed by atoms with van der Waals surface area (Å²) in [7, 11) is 0. The number of benzene rings is 2. The second-order valence-corrected chi connectivity index (χ2v) is 8.21. The zero-order valence-electron chi connectivity index (χ0n) is 16.1. The molecule has 152 valence electrons. The van der Waals surface area contributed by atoms with Gasteiger partial charge in [0.05, 0.1) is 12.1 Å². The van der Waals surface area contributed by atoms with Crippen LogP contribution in [0.3, 0.4) is 0 Å². The van der Waals surface area contributed by atoms with Gasteiger partial charge in [0.25, 0.3) is 0 Å². The molecule has 0 N–H and O–H groups in total. The maximum atomic E-state index is 12.7. The minimum absolute atomic E-state index is 0.188. The summed E-state index contributed by atoms with van der Waals surface area (Å²) in [4.78, 5) is 21.5. The number of aromatic nitrogens is 3. The number of aryl methyl sites for hydroxylation is 2. The van der Waals surface area contributed by atoms with Crippen molar-refractivity contribution in [3.05, 3.63) is 69.7 Å². The van der Waals surface area contributed by atoms with Gasteiger partial charge in [-0.3, -0.25) is 0 Å². The highest BCUT2D eigenvalue weighted by Crippen LogP contribution is 2.30. The molecule has 0 fully saturated rings. The van der Waals surface area contributed by atoms with Crippen LogP contribution in [-0.2, 0) is 17.7 Å². The molecule has 1 unspecified atom stereocenters. The standard InChI is InChI=1S/C22H17Cl2N3O3/c1-12-25-10-17-3-4-18(11-27(12)17)29-22(28)13-2-5-19-20(8-13)30-21(26-19)14-6-15(23)9-16(24)7-14/h2,5-10,18H,3-4,11H2,1H3. The van der Waals surface area contributed by atoms with Crippen molar-refractivity contribution in [3.8, 4) is 11.5 Å². The first-order chi connectivity index (χ1) is 14.5. The van der Waals surface area contributed by atoms with E-state index in [9.17, 15) is 4.79 Å². The number of esters is 1. The fourth-order valence-electron chi connectivity index (χ4n) is 3.74. The molecule has 2 aromatic carbocycles. The van der Waals surface area contributed by atoms with Crippen molar-refractivity contribution in [3.63, 3.8) is 0 Å². The summed E-state index contributed by atoms with van der Waals surface area (Å²) < 4.78 is 13.7. The Bertz CT molecular complexity index is 1260. The molecule has 30 heavy (non-hydrogen) atoms. The van der Waals surface area contributed by atoms with Gasteiger partial charge in [0.1, 0.15) is 17.4 Å². The number of oxazole rings is 1. The van der Waals surface area contributed by atoms with Crippen molar-refractivity contribution in [1.82, 2.24) is 14.5 Å². The van der Waals surface area contributed by atoms with E-state index in [0.29, 0.717) is 44.7 Å². The number of halogens is 2. The normalized spacial score (nSPS) is 15.9. The molecule has 0 spiro atoms. The van der Waals surface area contributed by atoms with Gasteiger partial charge in [0.15, 0.2) is 5.58 Å². The van der Waals surface area contributed by atoms with Gasteiger partial charge >= 0.3 is 5.97 Å². The van der Waals surface area contributed by atoms with Crippen molar-refractivity contribution in [2.24, 2.45) is 0 Å². The Balaban J connectivity index is 1.37. The summed E-state index contributed by atoms with van der Waals surface area (Å²) in [6, 6.07) is 10.2. The minimum Gasteiger partial charge on any atom is -0.457 e. The number of hydrogen-bond acceptors (Lipinski definition) is 5. The summed E-state index contributed by atoms with van der Waals surface area (Å²) in [5.41, 5.74) is 3.39. The summed E-state index contributed by atoms with van der Waals surface area (Å²) in [5.74, 6) is 0.935. The lowest BCUT2D eigenvalue weighted by Crippen LogP contribution is -2.29. The molecular formula is C22H17Cl2N3O3. The Morgan fingerprint density at radius 2 is 2.00 bits per heavy atom. The fourth-order valence-corrected chi connectivity index (χ4v) is 4.26. The first kappa shape index (κ1) is 19.2. The van der Waals surface area contributed by atoms with Crippen LogP contribution >= 0.6 is 23.2 Å². The minimum atomic E-state index is -0.383. The third-order valence-electron chi connectivity index (χ3n) is 5.25. The molecule has 1 aliphatic rings. The molecule has 5 rings (SSSR count). The maximum Gasteiger partial charge on any atom is 0.338 e. The largest absolute Gasteiger partial charge is 0.457 e. The van der Waals surface area contributed by atoms with Crippen LogP contribution in [0.4, 0.5) is 0 Å². The molecular weight excluding hydrogens is 425 g/mol. The molecule has 0 bridgehead atoms. The van der Waals surface area contributed by atoms with Crippen LogP contribution < -0.4 is 0 Å². The molecule has 0 saturated carbocycles. The van der Waals surface area contributed by atoms with E-state index >= 15 is 0 Å². The van der Waals surface area contributed by atoms with Crippen molar-refractivity contribution in [1.29, 1.82) is 0 Å². The molecule has 1 atom stereocenters. The summed E-state index contributed by atoms with van der Waals surface area (Å²) >= 11 is 12.1. The van der Waals surface area contributed by atoms with Gasteiger partial charge in [-0.1, -0.05) is 23.2 Å². The summed E-state index contributed by atoms with van der Waals surface area (Å²) in [6.45, 7) is 2.58. The quantitative estimate of drug-likeness (QED) is 0.393. The Morgan fingerprint density at radius 3 is 2.80 bits per heavy atom. The van der Waals surface area contributed by atoms with Gasteiger partial charge in [-0.05, 0) is 56.2 Å².